The lowest BCUT2D eigenvalue weighted by atomic mass is 9.99. The maximum absolute atomic E-state index is 12.5. The summed E-state index contributed by atoms with van der Waals surface area (Å²) in [5, 5.41) is 0.0158. The average molecular weight is 419 g/mol. The molecule has 0 saturated carbocycles. The number of rotatable bonds is 6. The van der Waals surface area contributed by atoms with E-state index in [4.69, 9.17) is 9.16 Å². The highest BCUT2D eigenvalue weighted by molar-refractivity contribution is 7.67. The lowest BCUT2D eigenvalue weighted by Crippen LogP contribution is -2.47. The minimum absolute atomic E-state index is 0.0158. The molecule has 1 aromatic rings. The number of hydrogen-bond acceptors (Lipinski definition) is 7. The number of aromatic nitrogens is 2. The molecular weight excluding hydrogens is 388 g/mol. The first-order valence-electron chi connectivity index (χ1n) is 9.12. The van der Waals surface area contributed by atoms with E-state index in [1.165, 1.54) is 16.8 Å². The van der Waals surface area contributed by atoms with E-state index in [2.05, 4.69) is 50.0 Å². The van der Waals surface area contributed by atoms with Crippen molar-refractivity contribution in [3.8, 4) is 5.88 Å². The molecule has 10 heteroatoms. The van der Waals surface area contributed by atoms with Gasteiger partial charge in [0.25, 0.3) is 0 Å². The van der Waals surface area contributed by atoms with Gasteiger partial charge in [0, 0.05) is 18.2 Å². The predicted molar refractivity (Wildman–Crippen MR) is 105 cm³/mol. The van der Waals surface area contributed by atoms with Gasteiger partial charge in [-0.2, -0.15) is 13.4 Å². The lowest BCUT2D eigenvalue weighted by molar-refractivity contribution is -0.0371. The van der Waals surface area contributed by atoms with Crippen LogP contribution < -0.4 is 9.87 Å². The second-order valence-corrected chi connectivity index (χ2v) is 13.8. The molecule has 27 heavy (non-hydrogen) atoms. The van der Waals surface area contributed by atoms with E-state index < -0.39 is 31.2 Å². The van der Waals surface area contributed by atoms with Crippen molar-refractivity contribution in [3.05, 3.63) is 22.7 Å². The summed E-state index contributed by atoms with van der Waals surface area (Å²) in [6.45, 7) is 14.9. The van der Waals surface area contributed by atoms with Crippen molar-refractivity contribution in [1.82, 2.24) is 9.55 Å². The van der Waals surface area contributed by atoms with Crippen molar-refractivity contribution in [2.24, 2.45) is 5.92 Å². The van der Waals surface area contributed by atoms with Crippen LogP contribution in [0.15, 0.2) is 17.1 Å². The van der Waals surface area contributed by atoms with E-state index in [9.17, 15) is 13.2 Å². The second-order valence-electron chi connectivity index (χ2n) is 8.45. The molecule has 0 bridgehead atoms. The van der Waals surface area contributed by atoms with E-state index in [-0.39, 0.29) is 29.0 Å². The van der Waals surface area contributed by atoms with Crippen molar-refractivity contribution in [3.63, 3.8) is 0 Å². The molecule has 0 amide bonds. The standard InChI is InChI=1S/C17H30N2O6SSi/c1-8-12-11(2)14(25-27(6,7)17(3,4)5)15(23-12)19-10-9-13(18-16(19)20)24-26(21)22/h9-12,14-15,26H,8H2,1-7H3/t11?,12-,14+,15-/m1/s1. The predicted octanol–water partition coefficient (Wildman–Crippen LogP) is 2.48. The highest BCUT2D eigenvalue weighted by atomic mass is 32.2. The van der Waals surface area contributed by atoms with Gasteiger partial charge in [0.1, 0.15) is 0 Å². The summed E-state index contributed by atoms with van der Waals surface area (Å²) in [6.07, 6.45) is 1.30. The number of ether oxygens (including phenoxy) is 1. The summed E-state index contributed by atoms with van der Waals surface area (Å²) in [4.78, 5) is 16.2. The molecule has 0 spiro atoms. The van der Waals surface area contributed by atoms with Crippen molar-refractivity contribution < 1.29 is 21.8 Å². The van der Waals surface area contributed by atoms with Gasteiger partial charge in [-0.15, -0.1) is 0 Å². The maximum Gasteiger partial charge on any atom is 0.353 e. The van der Waals surface area contributed by atoms with Crippen LogP contribution in [0.2, 0.25) is 18.1 Å². The summed E-state index contributed by atoms with van der Waals surface area (Å²) in [5.41, 5.74) is -0.637. The van der Waals surface area contributed by atoms with E-state index in [0.29, 0.717) is 0 Å². The normalized spacial score (nSPS) is 26.5. The smallest absolute Gasteiger partial charge is 0.353 e. The zero-order valence-electron chi connectivity index (χ0n) is 17.0. The molecule has 1 aliphatic rings. The maximum atomic E-state index is 12.5. The van der Waals surface area contributed by atoms with Gasteiger partial charge in [0.2, 0.25) is 5.88 Å². The molecule has 2 heterocycles. The molecule has 1 aromatic heterocycles. The van der Waals surface area contributed by atoms with Crippen LogP contribution in [-0.2, 0) is 20.1 Å². The third-order valence-corrected chi connectivity index (χ3v) is 10.4. The molecular formula is C17H30N2O6SSi. The van der Waals surface area contributed by atoms with Gasteiger partial charge in [-0.05, 0) is 24.6 Å². The first kappa shape index (κ1) is 22.1. The number of nitrogens with zero attached hydrogens (tertiary/aromatic N) is 2. The Morgan fingerprint density at radius 1 is 1.33 bits per heavy atom. The summed E-state index contributed by atoms with van der Waals surface area (Å²) in [6, 6.07) is 1.34. The molecule has 1 aliphatic heterocycles. The average Bonchev–Trinajstić information content (AvgIpc) is 2.82. The molecule has 2 rings (SSSR count). The van der Waals surface area contributed by atoms with Gasteiger partial charge in [-0.3, -0.25) is 4.57 Å². The molecule has 0 radical (unpaired) electrons. The van der Waals surface area contributed by atoms with Crippen LogP contribution in [0.25, 0.3) is 0 Å². The van der Waals surface area contributed by atoms with Crippen LogP contribution in [0, 0.1) is 5.92 Å². The SMILES string of the molecule is CC[C@H]1O[C@@H](n2ccc(O[SH](=O)=O)nc2=O)[C@@H](O[Si](C)(C)C(C)(C)C)C1C. The van der Waals surface area contributed by atoms with Crippen LogP contribution in [0.4, 0.5) is 0 Å². The Kier molecular flexibility index (Phi) is 6.55. The van der Waals surface area contributed by atoms with E-state index in [0.717, 1.165) is 6.42 Å². The van der Waals surface area contributed by atoms with Crippen molar-refractivity contribution in [2.45, 2.75) is 77.6 Å². The zero-order chi connectivity index (χ0) is 20.6. The molecule has 1 fully saturated rings. The van der Waals surface area contributed by atoms with Gasteiger partial charge in [-0.1, -0.05) is 34.6 Å². The topological polar surface area (TPSA) is 96.7 Å². The Bertz CT molecular complexity index is 793. The Hall–Kier alpha value is -1.23. The lowest BCUT2D eigenvalue weighted by Gasteiger charge is -2.40. The van der Waals surface area contributed by atoms with Crippen LogP contribution in [0.3, 0.4) is 0 Å². The van der Waals surface area contributed by atoms with Crippen LogP contribution >= 0.6 is 0 Å². The van der Waals surface area contributed by atoms with Crippen LogP contribution in [-0.4, -0.2) is 38.5 Å². The van der Waals surface area contributed by atoms with E-state index >= 15 is 0 Å². The number of hydrogen-bond donors (Lipinski definition) is 1. The fraction of sp³-hybridized carbons (Fsp3) is 0.765. The molecule has 0 aliphatic carbocycles. The summed E-state index contributed by atoms with van der Waals surface area (Å²) in [7, 11) is -5.23. The van der Waals surface area contributed by atoms with Gasteiger partial charge >= 0.3 is 16.7 Å². The van der Waals surface area contributed by atoms with Gasteiger partial charge < -0.3 is 13.3 Å². The first-order chi connectivity index (χ1) is 12.4. The molecule has 4 atom stereocenters. The highest BCUT2D eigenvalue weighted by Crippen LogP contribution is 2.43. The largest absolute Gasteiger partial charge is 0.409 e. The van der Waals surface area contributed by atoms with Crippen molar-refractivity contribution in [2.75, 3.05) is 0 Å². The molecule has 154 valence electrons. The highest BCUT2D eigenvalue weighted by Gasteiger charge is 2.48. The summed E-state index contributed by atoms with van der Waals surface area (Å²) < 4.78 is 40.0. The minimum atomic E-state index is -3.13. The zero-order valence-corrected chi connectivity index (χ0v) is 18.9. The van der Waals surface area contributed by atoms with E-state index in [1.54, 1.807) is 0 Å². The molecule has 1 saturated heterocycles. The molecule has 0 N–H and O–H groups in total. The fourth-order valence-electron chi connectivity index (χ4n) is 2.94. The third-order valence-electron chi connectivity index (χ3n) is 5.59. The minimum Gasteiger partial charge on any atom is -0.409 e. The Morgan fingerprint density at radius 2 is 1.96 bits per heavy atom. The Labute approximate surface area is 163 Å². The van der Waals surface area contributed by atoms with Crippen molar-refractivity contribution >= 4 is 19.3 Å². The molecule has 1 unspecified atom stereocenters. The van der Waals surface area contributed by atoms with E-state index in [1.807, 2.05) is 6.92 Å². The Morgan fingerprint density at radius 3 is 2.44 bits per heavy atom. The van der Waals surface area contributed by atoms with Crippen LogP contribution in [0.5, 0.6) is 5.88 Å². The van der Waals surface area contributed by atoms with Gasteiger partial charge in [0.15, 0.2) is 14.5 Å². The van der Waals surface area contributed by atoms with Gasteiger partial charge in [0.05, 0.1) is 12.2 Å². The molecule has 0 aromatic carbocycles. The fourth-order valence-corrected chi connectivity index (χ4v) is 4.56. The Balaban J connectivity index is 2.39. The van der Waals surface area contributed by atoms with Crippen molar-refractivity contribution in [1.29, 1.82) is 0 Å². The monoisotopic (exact) mass is 418 g/mol. The quantitative estimate of drug-likeness (QED) is 0.560. The summed E-state index contributed by atoms with van der Waals surface area (Å²) in [5.74, 6) is -0.152. The number of thiol groups is 1. The second kappa shape index (κ2) is 8.02. The first-order valence-corrected chi connectivity index (χ1v) is 13.1. The van der Waals surface area contributed by atoms with Crippen LogP contribution in [0.1, 0.15) is 47.3 Å². The summed E-state index contributed by atoms with van der Waals surface area (Å²) >= 11 is 0. The van der Waals surface area contributed by atoms with Gasteiger partial charge in [-0.25, -0.2) is 4.79 Å². The molecule has 8 nitrogen and oxygen atoms in total. The third kappa shape index (κ3) is 4.79.